The van der Waals surface area contributed by atoms with Gasteiger partial charge in [0.1, 0.15) is 6.04 Å². The SMILES string of the molecule is O=C(O)C(C=Cc1ccccc1)N1CCC(OCc2cccnc2)CC1. The maximum atomic E-state index is 11.7. The summed E-state index contributed by atoms with van der Waals surface area (Å²) in [6, 6.07) is 13.1. The second kappa shape index (κ2) is 9.27. The van der Waals surface area contributed by atoms with E-state index >= 15 is 0 Å². The van der Waals surface area contributed by atoms with E-state index in [4.69, 9.17) is 4.74 Å². The number of pyridine rings is 1. The second-order valence-electron chi connectivity index (χ2n) is 6.46. The van der Waals surface area contributed by atoms with Gasteiger partial charge in [0.2, 0.25) is 0 Å². The average Bonchev–Trinajstić information content (AvgIpc) is 2.69. The molecule has 5 heteroatoms. The lowest BCUT2D eigenvalue weighted by Gasteiger charge is -2.34. The number of piperidine rings is 1. The van der Waals surface area contributed by atoms with Gasteiger partial charge in [0.15, 0.2) is 0 Å². The van der Waals surface area contributed by atoms with Gasteiger partial charge in [-0.25, -0.2) is 0 Å². The lowest BCUT2D eigenvalue weighted by molar-refractivity contribution is -0.142. The summed E-state index contributed by atoms with van der Waals surface area (Å²) in [5.74, 6) is -0.813. The van der Waals surface area contributed by atoms with Gasteiger partial charge in [0.05, 0.1) is 12.7 Å². The van der Waals surface area contributed by atoms with Crippen LogP contribution in [0, 0.1) is 0 Å². The van der Waals surface area contributed by atoms with Gasteiger partial charge in [-0.05, 0) is 30.0 Å². The number of carbonyl (C=O) groups is 1. The zero-order valence-corrected chi connectivity index (χ0v) is 14.7. The molecule has 2 aromatic rings. The fraction of sp³-hybridized carbons (Fsp3) is 0.333. The molecule has 0 amide bonds. The highest BCUT2D eigenvalue weighted by Gasteiger charge is 2.28. The first-order valence-corrected chi connectivity index (χ1v) is 8.93. The summed E-state index contributed by atoms with van der Waals surface area (Å²) in [6.45, 7) is 1.98. The number of rotatable bonds is 7. The van der Waals surface area contributed by atoms with Crippen molar-refractivity contribution in [3.63, 3.8) is 0 Å². The minimum Gasteiger partial charge on any atom is -0.480 e. The van der Waals surface area contributed by atoms with Gasteiger partial charge in [-0.1, -0.05) is 48.6 Å². The molecule has 136 valence electrons. The molecule has 2 heterocycles. The molecule has 1 saturated heterocycles. The van der Waals surface area contributed by atoms with Crippen LogP contribution in [0.3, 0.4) is 0 Å². The summed E-state index contributed by atoms with van der Waals surface area (Å²) in [4.78, 5) is 17.8. The molecule has 1 atom stereocenters. The van der Waals surface area contributed by atoms with E-state index in [-0.39, 0.29) is 6.10 Å². The lowest BCUT2D eigenvalue weighted by Crippen LogP contribution is -2.46. The number of nitrogens with zero attached hydrogens (tertiary/aromatic N) is 2. The molecule has 0 spiro atoms. The van der Waals surface area contributed by atoms with Gasteiger partial charge in [0.25, 0.3) is 0 Å². The number of carboxylic acids is 1. The van der Waals surface area contributed by atoms with Crippen LogP contribution >= 0.6 is 0 Å². The fourth-order valence-electron chi connectivity index (χ4n) is 3.14. The Bertz CT molecular complexity index is 711. The fourth-order valence-corrected chi connectivity index (χ4v) is 3.14. The standard InChI is InChI=1S/C21H24N2O3/c24-21(25)20(9-8-17-5-2-1-3-6-17)23-13-10-19(11-14-23)26-16-18-7-4-12-22-15-18/h1-9,12,15,19-20H,10-11,13-14,16H2,(H,24,25). The van der Waals surface area contributed by atoms with E-state index in [9.17, 15) is 9.90 Å². The minimum atomic E-state index is -0.813. The summed E-state index contributed by atoms with van der Waals surface area (Å²) >= 11 is 0. The number of likely N-dealkylation sites (tertiary alicyclic amines) is 1. The van der Waals surface area contributed by atoms with Crippen molar-refractivity contribution in [1.82, 2.24) is 9.88 Å². The number of benzene rings is 1. The van der Waals surface area contributed by atoms with Gasteiger partial charge in [-0.15, -0.1) is 0 Å². The van der Waals surface area contributed by atoms with Crippen molar-refractivity contribution in [2.24, 2.45) is 0 Å². The maximum Gasteiger partial charge on any atom is 0.324 e. The molecule has 1 aliphatic heterocycles. The van der Waals surface area contributed by atoms with Crippen molar-refractivity contribution in [2.75, 3.05) is 13.1 Å². The molecule has 5 nitrogen and oxygen atoms in total. The maximum absolute atomic E-state index is 11.7. The highest BCUT2D eigenvalue weighted by molar-refractivity contribution is 5.77. The van der Waals surface area contributed by atoms with E-state index in [0.29, 0.717) is 19.7 Å². The Morgan fingerprint density at radius 1 is 1.23 bits per heavy atom. The van der Waals surface area contributed by atoms with Gasteiger partial charge in [0, 0.05) is 25.5 Å². The van der Waals surface area contributed by atoms with Gasteiger partial charge >= 0.3 is 5.97 Å². The van der Waals surface area contributed by atoms with Crippen LogP contribution in [0.25, 0.3) is 6.08 Å². The number of hydrogen-bond acceptors (Lipinski definition) is 4. The molecule has 3 rings (SSSR count). The van der Waals surface area contributed by atoms with Crippen molar-refractivity contribution in [3.8, 4) is 0 Å². The number of carboxylic acid groups (broad SMARTS) is 1. The normalized spacial score (nSPS) is 17.4. The molecule has 0 radical (unpaired) electrons. The van der Waals surface area contributed by atoms with E-state index in [1.807, 2.05) is 59.6 Å². The summed E-state index contributed by atoms with van der Waals surface area (Å²) in [5.41, 5.74) is 2.07. The van der Waals surface area contributed by atoms with E-state index in [0.717, 1.165) is 24.0 Å². The van der Waals surface area contributed by atoms with Crippen LogP contribution in [0.15, 0.2) is 60.9 Å². The van der Waals surface area contributed by atoms with Crippen molar-refractivity contribution < 1.29 is 14.6 Å². The largest absolute Gasteiger partial charge is 0.480 e. The molecule has 0 bridgehead atoms. The highest BCUT2D eigenvalue weighted by Crippen LogP contribution is 2.19. The molecule has 1 aromatic carbocycles. The van der Waals surface area contributed by atoms with E-state index in [1.165, 1.54) is 0 Å². The minimum absolute atomic E-state index is 0.166. The Morgan fingerprint density at radius 3 is 2.65 bits per heavy atom. The molecule has 1 aliphatic rings. The van der Waals surface area contributed by atoms with Crippen molar-refractivity contribution in [1.29, 1.82) is 0 Å². The Balaban J connectivity index is 1.51. The Morgan fingerprint density at radius 2 is 2.00 bits per heavy atom. The van der Waals surface area contributed by atoms with Gasteiger partial charge < -0.3 is 9.84 Å². The average molecular weight is 352 g/mol. The summed E-state index contributed by atoms with van der Waals surface area (Å²) in [6.07, 6.45) is 9.05. The van der Waals surface area contributed by atoms with Crippen LogP contribution in [0.5, 0.6) is 0 Å². The summed E-state index contributed by atoms with van der Waals surface area (Å²) in [5, 5.41) is 9.59. The molecular formula is C21H24N2O3. The smallest absolute Gasteiger partial charge is 0.324 e. The molecular weight excluding hydrogens is 328 g/mol. The molecule has 1 fully saturated rings. The predicted molar refractivity (Wildman–Crippen MR) is 101 cm³/mol. The monoisotopic (exact) mass is 352 g/mol. The predicted octanol–water partition coefficient (Wildman–Crippen LogP) is 3.23. The molecule has 1 unspecified atom stereocenters. The third-order valence-corrected chi connectivity index (χ3v) is 4.60. The first-order valence-electron chi connectivity index (χ1n) is 8.93. The van der Waals surface area contributed by atoms with Crippen LogP contribution in [0.2, 0.25) is 0 Å². The van der Waals surface area contributed by atoms with Crippen LogP contribution < -0.4 is 0 Å². The van der Waals surface area contributed by atoms with Crippen LogP contribution in [-0.4, -0.2) is 46.2 Å². The van der Waals surface area contributed by atoms with Crippen LogP contribution in [0.4, 0.5) is 0 Å². The molecule has 1 N–H and O–H groups in total. The Hall–Kier alpha value is -2.50. The van der Waals surface area contributed by atoms with E-state index in [1.54, 1.807) is 12.3 Å². The zero-order chi connectivity index (χ0) is 18.2. The van der Waals surface area contributed by atoms with E-state index in [2.05, 4.69) is 4.98 Å². The van der Waals surface area contributed by atoms with Gasteiger partial charge in [-0.3, -0.25) is 14.7 Å². The van der Waals surface area contributed by atoms with E-state index < -0.39 is 12.0 Å². The molecule has 0 saturated carbocycles. The third-order valence-electron chi connectivity index (χ3n) is 4.60. The van der Waals surface area contributed by atoms with Crippen molar-refractivity contribution in [3.05, 3.63) is 72.1 Å². The molecule has 26 heavy (non-hydrogen) atoms. The quantitative estimate of drug-likeness (QED) is 0.829. The lowest BCUT2D eigenvalue weighted by atomic mass is 10.0. The topological polar surface area (TPSA) is 62.7 Å². The van der Waals surface area contributed by atoms with Gasteiger partial charge in [-0.2, -0.15) is 0 Å². The van der Waals surface area contributed by atoms with Crippen LogP contribution in [-0.2, 0) is 16.1 Å². The van der Waals surface area contributed by atoms with Crippen molar-refractivity contribution >= 4 is 12.0 Å². The third kappa shape index (κ3) is 5.25. The number of ether oxygens (including phenoxy) is 1. The number of aromatic nitrogens is 1. The zero-order valence-electron chi connectivity index (χ0n) is 14.7. The first kappa shape index (κ1) is 18.3. The Kier molecular flexibility index (Phi) is 6.52. The number of aliphatic carboxylic acids is 1. The highest BCUT2D eigenvalue weighted by atomic mass is 16.5. The molecule has 1 aromatic heterocycles. The van der Waals surface area contributed by atoms with Crippen LogP contribution in [0.1, 0.15) is 24.0 Å². The Labute approximate surface area is 153 Å². The van der Waals surface area contributed by atoms with Crippen molar-refractivity contribution in [2.45, 2.75) is 31.6 Å². The second-order valence-corrected chi connectivity index (χ2v) is 6.46. The summed E-state index contributed by atoms with van der Waals surface area (Å²) < 4.78 is 5.95. The molecule has 0 aliphatic carbocycles. The summed E-state index contributed by atoms with van der Waals surface area (Å²) in [7, 11) is 0. The number of hydrogen-bond donors (Lipinski definition) is 1. The first-order chi connectivity index (χ1) is 12.7.